The van der Waals surface area contributed by atoms with Crippen molar-refractivity contribution < 1.29 is 9.84 Å². The molecule has 0 bridgehead atoms. The summed E-state index contributed by atoms with van der Waals surface area (Å²) < 4.78 is 5.77. The normalized spacial score (nSPS) is 19.4. The molecule has 0 radical (unpaired) electrons. The Bertz CT molecular complexity index is 505. The first-order valence-corrected chi connectivity index (χ1v) is 8.74. The Labute approximate surface area is 140 Å². The molecule has 0 aliphatic carbocycles. The van der Waals surface area contributed by atoms with Gasteiger partial charge < -0.3 is 15.2 Å². The summed E-state index contributed by atoms with van der Waals surface area (Å²) in [5.74, 6) is 0.801. The number of nitrogens with zero attached hydrogens (tertiary/aromatic N) is 1. The molecule has 1 aromatic carbocycles. The third-order valence-corrected chi connectivity index (χ3v) is 4.68. The topological polar surface area (TPSA) is 44.7 Å². The van der Waals surface area contributed by atoms with Gasteiger partial charge in [-0.15, -0.1) is 0 Å². The molecule has 1 aliphatic heterocycles. The predicted octanol–water partition coefficient (Wildman–Crippen LogP) is 2.71. The van der Waals surface area contributed by atoms with Crippen LogP contribution in [0, 0.1) is 0 Å². The van der Waals surface area contributed by atoms with Crippen LogP contribution in [0.4, 0.5) is 0 Å². The Balaban J connectivity index is 2.29. The van der Waals surface area contributed by atoms with Gasteiger partial charge in [-0.05, 0) is 37.0 Å². The van der Waals surface area contributed by atoms with Gasteiger partial charge in [0.25, 0.3) is 0 Å². The average molecular weight is 320 g/mol. The van der Waals surface area contributed by atoms with Gasteiger partial charge in [-0.1, -0.05) is 26.8 Å². The Kier molecular flexibility index (Phi) is 6.06. The lowest BCUT2D eigenvalue weighted by Gasteiger charge is -2.36. The summed E-state index contributed by atoms with van der Waals surface area (Å²) in [7, 11) is 0. The number of rotatable bonds is 5. The molecular formula is C19H32N2O2. The van der Waals surface area contributed by atoms with E-state index in [2.05, 4.69) is 50.0 Å². The van der Waals surface area contributed by atoms with E-state index in [1.165, 1.54) is 5.56 Å². The van der Waals surface area contributed by atoms with Crippen molar-refractivity contribution in [2.45, 2.75) is 52.2 Å². The first-order valence-electron chi connectivity index (χ1n) is 8.74. The molecule has 1 heterocycles. The van der Waals surface area contributed by atoms with E-state index in [1.807, 2.05) is 13.0 Å². The first kappa shape index (κ1) is 18.2. The van der Waals surface area contributed by atoms with Crippen LogP contribution in [0.2, 0.25) is 0 Å². The molecule has 130 valence electrons. The molecule has 1 aliphatic rings. The third-order valence-electron chi connectivity index (χ3n) is 4.68. The number of hydrogen-bond donors (Lipinski definition) is 2. The smallest absolute Gasteiger partial charge is 0.125 e. The monoisotopic (exact) mass is 320 g/mol. The van der Waals surface area contributed by atoms with Crippen molar-refractivity contribution >= 4 is 0 Å². The average Bonchev–Trinajstić information content (AvgIpc) is 2.54. The Morgan fingerprint density at radius 1 is 1.26 bits per heavy atom. The summed E-state index contributed by atoms with van der Waals surface area (Å²) in [5, 5.41) is 14.4. The highest BCUT2D eigenvalue weighted by atomic mass is 16.5. The third kappa shape index (κ3) is 4.46. The Hall–Kier alpha value is -1.10. The summed E-state index contributed by atoms with van der Waals surface area (Å²) in [6, 6.07) is 6.31. The van der Waals surface area contributed by atoms with E-state index in [0.717, 1.165) is 37.5 Å². The lowest BCUT2D eigenvalue weighted by molar-refractivity contribution is 0.0490. The van der Waals surface area contributed by atoms with E-state index in [-0.39, 0.29) is 11.5 Å². The molecule has 1 saturated heterocycles. The lowest BCUT2D eigenvalue weighted by Crippen LogP contribution is -2.49. The van der Waals surface area contributed by atoms with E-state index >= 15 is 0 Å². The number of ether oxygens (including phenoxy) is 1. The lowest BCUT2D eigenvalue weighted by atomic mass is 9.85. The van der Waals surface area contributed by atoms with E-state index in [9.17, 15) is 5.11 Å². The number of nitrogens with one attached hydrogen (secondary N) is 1. The second-order valence-electron chi connectivity index (χ2n) is 7.41. The van der Waals surface area contributed by atoms with E-state index in [1.54, 1.807) is 0 Å². The first-order chi connectivity index (χ1) is 10.8. The van der Waals surface area contributed by atoms with Crippen molar-refractivity contribution in [3.05, 3.63) is 29.3 Å². The predicted molar refractivity (Wildman–Crippen MR) is 95.2 cm³/mol. The molecule has 2 N–H and O–H groups in total. The molecule has 0 saturated carbocycles. The van der Waals surface area contributed by atoms with Gasteiger partial charge in [0.05, 0.1) is 12.7 Å². The molecule has 2 atom stereocenters. The summed E-state index contributed by atoms with van der Waals surface area (Å²) in [4.78, 5) is 2.35. The second-order valence-corrected chi connectivity index (χ2v) is 7.41. The van der Waals surface area contributed by atoms with Gasteiger partial charge in [0.2, 0.25) is 0 Å². The Morgan fingerprint density at radius 2 is 1.91 bits per heavy atom. The quantitative estimate of drug-likeness (QED) is 0.875. The standard InChI is InChI=1S/C19H32N2O2/c1-6-23-17-8-7-15(19(3,4)5)13-16(17)18(22)14(2)21-11-9-20-10-12-21/h7-8,13-14,18,20,22H,6,9-12H2,1-5H3. The van der Waals surface area contributed by atoms with Gasteiger partial charge in [0, 0.05) is 37.8 Å². The van der Waals surface area contributed by atoms with Crippen molar-refractivity contribution in [3.8, 4) is 5.75 Å². The van der Waals surface area contributed by atoms with Crippen LogP contribution < -0.4 is 10.1 Å². The number of aliphatic hydroxyl groups is 1. The van der Waals surface area contributed by atoms with Crippen LogP contribution in [0.25, 0.3) is 0 Å². The van der Waals surface area contributed by atoms with Crippen LogP contribution in [-0.4, -0.2) is 48.8 Å². The number of piperazine rings is 1. The molecule has 0 amide bonds. The molecule has 0 aromatic heterocycles. The van der Waals surface area contributed by atoms with Crippen molar-refractivity contribution in [1.29, 1.82) is 0 Å². The van der Waals surface area contributed by atoms with Gasteiger partial charge in [0.1, 0.15) is 5.75 Å². The highest BCUT2D eigenvalue weighted by Crippen LogP contribution is 2.34. The zero-order valence-electron chi connectivity index (χ0n) is 15.2. The zero-order valence-corrected chi connectivity index (χ0v) is 15.2. The second kappa shape index (κ2) is 7.65. The van der Waals surface area contributed by atoms with Gasteiger partial charge in [0.15, 0.2) is 0 Å². The summed E-state index contributed by atoms with van der Waals surface area (Å²) in [5.41, 5.74) is 2.19. The maximum Gasteiger partial charge on any atom is 0.125 e. The van der Waals surface area contributed by atoms with E-state index < -0.39 is 6.10 Å². The molecular weight excluding hydrogens is 288 g/mol. The fraction of sp³-hybridized carbons (Fsp3) is 0.684. The SMILES string of the molecule is CCOc1ccc(C(C)(C)C)cc1C(O)C(C)N1CCNCC1. The molecule has 2 rings (SSSR count). The molecule has 2 unspecified atom stereocenters. The largest absolute Gasteiger partial charge is 0.493 e. The highest BCUT2D eigenvalue weighted by Gasteiger charge is 2.27. The van der Waals surface area contributed by atoms with Crippen LogP contribution in [0.1, 0.15) is 51.8 Å². The minimum absolute atomic E-state index is 0.0531. The number of aliphatic hydroxyl groups excluding tert-OH is 1. The Morgan fingerprint density at radius 3 is 2.48 bits per heavy atom. The van der Waals surface area contributed by atoms with Crippen molar-refractivity contribution in [2.75, 3.05) is 32.8 Å². The molecule has 0 spiro atoms. The van der Waals surface area contributed by atoms with Crippen molar-refractivity contribution in [2.24, 2.45) is 0 Å². The molecule has 23 heavy (non-hydrogen) atoms. The molecule has 4 nitrogen and oxygen atoms in total. The zero-order chi connectivity index (χ0) is 17.0. The van der Waals surface area contributed by atoms with Crippen LogP contribution in [-0.2, 0) is 5.41 Å². The molecule has 1 aromatic rings. The van der Waals surface area contributed by atoms with Crippen LogP contribution in [0.5, 0.6) is 5.75 Å². The van der Waals surface area contributed by atoms with E-state index in [4.69, 9.17) is 4.74 Å². The number of benzene rings is 1. The summed E-state index contributed by atoms with van der Waals surface area (Å²) >= 11 is 0. The van der Waals surface area contributed by atoms with Crippen molar-refractivity contribution in [1.82, 2.24) is 10.2 Å². The molecule has 4 heteroatoms. The van der Waals surface area contributed by atoms with Crippen LogP contribution in [0.3, 0.4) is 0 Å². The van der Waals surface area contributed by atoms with Gasteiger partial charge in [-0.2, -0.15) is 0 Å². The number of hydrogen-bond acceptors (Lipinski definition) is 4. The maximum absolute atomic E-state index is 11.0. The van der Waals surface area contributed by atoms with Crippen LogP contribution >= 0.6 is 0 Å². The minimum atomic E-state index is -0.544. The van der Waals surface area contributed by atoms with Gasteiger partial charge >= 0.3 is 0 Å². The summed E-state index contributed by atoms with van der Waals surface area (Å²) in [6.45, 7) is 15.2. The van der Waals surface area contributed by atoms with Crippen molar-refractivity contribution in [3.63, 3.8) is 0 Å². The minimum Gasteiger partial charge on any atom is -0.493 e. The van der Waals surface area contributed by atoms with E-state index in [0.29, 0.717) is 6.61 Å². The van der Waals surface area contributed by atoms with Crippen LogP contribution in [0.15, 0.2) is 18.2 Å². The highest BCUT2D eigenvalue weighted by molar-refractivity contribution is 5.41. The van der Waals surface area contributed by atoms with Gasteiger partial charge in [-0.25, -0.2) is 0 Å². The fourth-order valence-corrected chi connectivity index (χ4v) is 3.08. The maximum atomic E-state index is 11.0. The fourth-order valence-electron chi connectivity index (χ4n) is 3.08. The molecule has 1 fully saturated rings. The van der Waals surface area contributed by atoms with Gasteiger partial charge in [-0.3, -0.25) is 4.90 Å². The summed E-state index contributed by atoms with van der Waals surface area (Å²) in [6.07, 6.45) is -0.544.